The molecule has 0 atom stereocenters. The molecule has 7 heteroatoms. The van der Waals surface area contributed by atoms with E-state index in [0.29, 0.717) is 56.2 Å². The molecule has 1 aliphatic heterocycles. The molecule has 2 N–H and O–H groups in total. The van der Waals surface area contributed by atoms with Gasteiger partial charge in [-0.2, -0.15) is 0 Å². The quantitative estimate of drug-likeness (QED) is 0.523. The van der Waals surface area contributed by atoms with Gasteiger partial charge in [-0.3, -0.25) is 9.59 Å². The van der Waals surface area contributed by atoms with E-state index in [4.69, 9.17) is 14.2 Å². The van der Waals surface area contributed by atoms with Gasteiger partial charge in [0.25, 0.3) is 5.91 Å². The summed E-state index contributed by atoms with van der Waals surface area (Å²) in [6, 6.07) is 13.0. The topological polar surface area (TPSA) is 85.9 Å². The first kappa shape index (κ1) is 23.4. The van der Waals surface area contributed by atoms with E-state index in [-0.39, 0.29) is 17.4 Å². The second-order valence-electron chi connectivity index (χ2n) is 8.27. The second kappa shape index (κ2) is 10.9. The monoisotopic (exact) mass is 440 g/mol. The maximum atomic E-state index is 12.3. The summed E-state index contributed by atoms with van der Waals surface area (Å²) in [5.74, 6) is 1.78. The third-order valence-electron chi connectivity index (χ3n) is 5.03. The molecule has 0 aromatic heterocycles. The Morgan fingerprint density at radius 3 is 2.59 bits per heavy atom. The number of amides is 2. The van der Waals surface area contributed by atoms with Crippen molar-refractivity contribution >= 4 is 11.8 Å². The predicted molar refractivity (Wildman–Crippen MR) is 123 cm³/mol. The van der Waals surface area contributed by atoms with Crippen molar-refractivity contribution in [1.29, 1.82) is 0 Å². The summed E-state index contributed by atoms with van der Waals surface area (Å²) in [4.78, 5) is 24.4. The summed E-state index contributed by atoms with van der Waals surface area (Å²) in [7, 11) is 0. The Bertz CT molecular complexity index is 942. The molecule has 32 heavy (non-hydrogen) atoms. The average Bonchev–Trinajstić information content (AvgIpc) is 3.09. The van der Waals surface area contributed by atoms with Gasteiger partial charge in [0, 0.05) is 24.9 Å². The number of hydrogen-bond donors (Lipinski definition) is 2. The highest BCUT2D eigenvalue weighted by atomic mass is 16.5. The van der Waals surface area contributed by atoms with Gasteiger partial charge in [-0.25, -0.2) is 0 Å². The number of rotatable bonds is 11. The van der Waals surface area contributed by atoms with Crippen molar-refractivity contribution in [2.45, 2.75) is 45.6 Å². The number of benzene rings is 2. The van der Waals surface area contributed by atoms with Crippen LogP contribution in [0.1, 0.15) is 49.5 Å². The van der Waals surface area contributed by atoms with E-state index in [1.807, 2.05) is 31.2 Å². The Balaban J connectivity index is 1.32. The van der Waals surface area contributed by atoms with Gasteiger partial charge < -0.3 is 24.8 Å². The lowest BCUT2D eigenvalue weighted by Crippen LogP contribution is -2.30. The van der Waals surface area contributed by atoms with Crippen LogP contribution in [0, 0.1) is 0 Å². The maximum Gasteiger partial charge on any atom is 0.255 e. The van der Waals surface area contributed by atoms with E-state index in [1.54, 1.807) is 18.2 Å². The molecule has 0 spiro atoms. The molecule has 0 saturated carbocycles. The standard InChI is InChI=1S/C25H32N2O5/c1-4-30-20-11-6-5-10-19(20)24(29)27-14-8-13-22(28)26-15-16-31-21-12-7-9-18-17-25(2,3)32-23(18)21/h5-7,9-12H,4,8,13-17H2,1-3H3,(H,26,28)(H,27,29). The molecule has 1 aliphatic rings. The van der Waals surface area contributed by atoms with Crippen molar-refractivity contribution in [3.63, 3.8) is 0 Å². The first-order chi connectivity index (χ1) is 15.4. The van der Waals surface area contributed by atoms with Crippen molar-refractivity contribution in [2.24, 2.45) is 0 Å². The molecule has 2 aromatic carbocycles. The van der Waals surface area contributed by atoms with Crippen molar-refractivity contribution in [3.05, 3.63) is 53.6 Å². The molecule has 2 amide bonds. The number of fused-ring (bicyclic) bond motifs is 1. The molecule has 0 unspecified atom stereocenters. The fourth-order valence-corrected chi connectivity index (χ4v) is 3.62. The van der Waals surface area contributed by atoms with Crippen LogP contribution in [0.2, 0.25) is 0 Å². The van der Waals surface area contributed by atoms with E-state index in [0.717, 1.165) is 17.7 Å². The number of para-hydroxylation sites is 2. The van der Waals surface area contributed by atoms with Crippen LogP contribution in [-0.4, -0.2) is 43.7 Å². The summed E-state index contributed by atoms with van der Waals surface area (Å²) >= 11 is 0. The first-order valence-corrected chi connectivity index (χ1v) is 11.1. The van der Waals surface area contributed by atoms with Crippen LogP contribution in [0.25, 0.3) is 0 Å². The van der Waals surface area contributed by atoms with Gasteiger partial charge >= 0.3 is 0 Å². The predicted octanol–water partition coefficient (Wildman–Crippen LogP) is 3.50. The van der Waals surface area contributed by atoms with Crippen LogP contribution in [-0.2, 0) is 11.2 Å². The highest BCUT2D eigenvalue weighted by Gasteiger charge is 2.32. The number of carbonyl (C=O) groups is 2. The minimum Gasteiger partial charge on any atom is -0.493 e. The lowest BCUT2D eigenvalue weighted by molar-refractivity contribution is -0.121. The van der Waals surface area contributed by atoms with E-state index in [1.165, 1.54) is 0 Å². The molecule has 0 radical (unpaired) electrons. The van der Waals surface area contributed by atoms with Gasteiger partial charge in [-0.15, -0.1) is 0 Å². The molecule has 0 bridgehead atoms. The lowest BCUT2D eigenvalue weighted by atomic mass is 10.0. The van der Waals surface area contributed by atoms with Crippen molar-refractivity contribution in [3.8, 4) is 17.2 Å². The highest BCUT2D eigenvalue weighted by Crippen LogP contribution is 2.41. The minimum atomic E-state index is -0.226. The van der Waals surface area contributed by atoms with Crippen LogP contribution in [0.4, 0.5) is 0 Å². The van der Waals surface area contributed by atoms with Crippen LogP contribution in [0.15, 0.2) is 42.5 Å². The molecular formula is C25H32N2O5. The van der Waals surface area contributed by atoms with Crippen LogP contribution >= 0.6 is 0 Å². The number of carbonyl (C=O) groups excluding carboxylic acids is 2. The minimum absolute atomic E-state index is 0.0757. The van der Waals surface area contributed by atoms with Crippen molar-refractivity contribution in [2.75, 3.05) is 26.3 Å². The highest BCUT2D eigenvalue weighted by molar-refractivity contribution is 5.96. The van der Waals surface area contributed by atoms with E-state index >= 15 is 0 Å². The Morgan fingerprint density at radius 2 is 1.78 bits per heavy atom. The Hall–Kier alpha value is -3.22. The number of hydrogen-bond acceptors (Lipinski definition) is 5. The van der Waals surface area contributed by atoms with Crippen LogP contribution in [0.3, 0.4) is 0 Å². The molecule has 7 nitrogen and oxygen atoms in total. The molecular weight excluding hydrogens is 408 g/mol. The van der Waals surface area contributed by atoms with Gasteiger partial charge in [0.15, 0.2) is 11.5 Å². The van der Waals surface area contributed by atoms with Gasteiger partial charge in [0.05, 0.1) is 18.7 Å². The van der Waals surface area contributed by atoms with Crippen LogP contribution < -0.4 is 24.8 Å². The van der Waals surface area contributed by atoms with E-state index in [9.17, 15) is 9.59 Å². The van der Waals surface area contributed by atoms with Gasteiger partial charge in [0.1, 0.15) is 18.0 Å². The smallest absolute Gasteiger partial charge is 0.255 e. The fraction of sp³-hybridized carbons (Fsp3) is 0.440. The van der Waals surface area contributed by atoms with Crippen LogP contribution in [0.5, 0.6) is 17.2 Å². The van der Waals surface area contributed by atoms with Gasteiger partial charge in [-0.05, 0) is 45.4 Å². The molecule has 172 valence electrons. The second-order valence-corrected chi connectivity index (χ2v) is 8.27. The molecule has 0 fully saturated rings. The fourth-order valence-electron chi connectivity index (χ4n) is 3.62. The number of ether oxygens (including phenoxy) is 3. The first-order valence-electron chi connectivity index (χ1n) is 11.1. The molecule has 0 aliphatic carbocycles. The third-order valence-corrected chi connectivity index (χ3v) is 5.03. The molecule has 1 heterocycles. The maximum absolute atomic E-state index is 12.3. The normalized spacial score (nSPS) is 13.6. The van der Waals surface area contributed by atoms with Crippen molar-refractivity contribution < 1.29 is 23.8 Å². The zero-order valence-corrected chi connectivity index (χ0v) is 19.0. The van der Waals surface area contributed by atoms with Gasteiger partial charge in [-0.1, -0.05) is 24.3 Å². The zero-order valence-electron chi connectivity index (χ0n) is 19.0. The van der Waals surface area contributed by atoms with Gasteiger partial charge in [0.2, 0.25) is 5.91 Å². The van der Waals surface area contributed by atoms with E-state index in [2.05, 4.69) is 24.5 Å². The third kappa shape index (κ3) is 6.39. The van der Waals surface area contributed by atoms with Crippen molar-refractivity contribution in [1.82, 2.24) is 10.6 Å². The summed E-state index contributed by atoms with van der Waals surface area (Å²) in [6.45, 7) is 7.64. The lowest BCUT2D eigenvalue weighted by Gasteiger charge is -2.18. The van der Waals surface area contributed by atoms with E-state index < -0.39 is 0 Å². The summed E-state index contributed by atoms with van der Waals surface area (Å²) in [5, 5.41) is 5.68. The molecule has 2 aromatic rings. The molecule has 3 rings (SSSR count). The summed E-state index contributed by atoms with van der Waals surface area (Å²) < 4.78 is 17.3. The number of nitrogens with one attached hydrogen (secondary N) is 2. The molecule has 0 saturated heterocycles. The summed E-state index contributed by atoms with van der Waals surface area (Å²) in [5.41, 5.74) is 1.41. The Kier molecular flexibility index (Phi) is 7.98. The Morgan fingerprint density at radius 1 is 1.00 bits per heavy atom. The largest absolute Gasteiger partial charge is 0.493 e. The SMILES string of the molecule is CCOc1ccccc1C(=O)NCCCC(=O)NCCOc1cccc2c1OC(C)(C)C2. The summed E-state index contributed by atoms with van der Waals surface area (Å²) in [6.07, 6.45) is 1.72. The Labute approximate surface area is 189 Å². The zero-order chi connectivity index (χ0) is 23.0. The average molecular weight is 441 g/mol.